The Balaban J connectivity index is 2.48. The molecule has 1 saturated carbocycles. The average molecular weight is 490 g/mol. The minimum absolute atomic E-state index is 0.00165. The summed E-state index contributed by atoms with van der Waals surface area (Å²) in [6, 6.07) is 3.22. The van der Waals surface area contributed by atoms with E-state index in [1.165, 1.54) is 0 Å². The zero-order valence-electron chi connectivity index (χ0n) is 22.3. The van der Waals surface area contributed by atoms with Crippen molar-refractivity contribution in [2.75, 3.05) is 6.54 Å². The number of phenols is 1. The van der Waals surface area contributed by atoms with Gasteiger partial charge in [0.05, 0.1) is 0 Å². The molecule has 0 radical (unpaired) electrons. The molecule has 0 spiro atoms. The second-order valence-corrected chi connectivity index (χ2v) is 10.5. The number of phenolic OH excluding ortho intramolecular Hbond substituents is 1. The van der Waals surface area contributed by atoms with Crippen LogP contribution in [0.1, 0.15) is 90.8 Å². The highest BCUT2D eigenvalue weighted by Crippen LogP contribution is 2.39. The number of carbonyl (C=O) groups excluding carboxylic acids is 3. The Bertz CT molecular complexity index is 891. The van der Waals surface area contributed by atoms with E-state index in [2.05, 4.69) is 10.6 Å². The van der Waals surface area contributed by atoms with Crippen LogP contribution in [-0.2, 0) is 14.3 Å². The molecule has 1 aromatic carbocycles. The van der Waals surface area contributed by atoms with E-state index < -0.39 is 23.8 Å². The van der Waals surface area contributed by atoms with E-state index in [0.717, 1.165) is 25.7 Å². The number of carbonyl (C=O) groups is 3. The molecular formula is C27H43N3O5. The Morgan fingerprint density at radius 2 is 1.86 bits per heavy atom. The molecule has 1 aliphatic rings. The highest BCUT2D eigenvalue weighted by atomic mass is 16.6. The summed E-state index contributed by atoms with van der Waals surface area (Å²) in [5.41, 5.74) is 0.306. The first kappa shape index (κ1) is 28.5. The number of aromatic hydroxyl groups is 1. The Kier molecular flexibility index (Phi) is 9.98. The molecule has 196 valence electrons. The molecule has 2 rings (SSSR count). The standard InChI is InChI=1S/C27H43N3O5/c1-8-10-16-28-24(32)22(20-13-11-12-18(4)23(20)31)30(19-14-15-19)25(33)21(17(3)9-2)29-26(34)35-27(5,6)7/h11-13,17,19,21-22,31H,8-10,14-16H2,1-7H3,(H,28,32)(H,29,34). The number of nitrogens with zero attached hydrogens (tertiary/aromatic N) is 1. The molecule has 0 saturated heterocycles. The Hall–Kier alpha value is -2.77. The number of unbranched alkanes of at least 4 members (excludes halogenated alkanes) is 1. The van der Waals surface area contributed by atoms with E-state index in [4.69, 9.17) is 4.74 Å². The number of para-hydroxylation sites is 1. The van der Waals surface area contributed by atoms with Gasteiger partial charge >= 0.3 is 6.09 Å². The number of hydrogen-bond acceptors (Lipinski definition) is 5. The summed E-state index contributed by atoms with van der Waals surface area (Å²) >= 11 is 0. The van der Waals surface area contributed by atoms with Crippen LogP contribution in [0.2, 0.25) is 0 Å². The van der Waals surface area contributed by atoms with Gasteiger partial charge in [-0.15, -0.1) is 0 Å². The van der Waals surface area contributed by atoms with Gasteiger partial charge in [-0.2, -0.15) is 0 Å². The maximum Gasteiger partial charge on any atom is 0.408 e. The molecular weight excluding hydrogens is 446 g/mol. The highest BCUT2D eigenvalue weighted by Gasteiger charge is 2.45. The molecule has 0 bridgehead atoms. The van der Waals surface area contributed by atoms with Crippen molar-refractivity contribution in [1.29, 1.82) is 0 Å². The third-order valence-corrected chi connectivity index (χ3v) is 6.27. The zero-order chi connectivity index (χ0) is 26.3. The molecule has 3 unspecified atom stereocenters. The predicted octanol–water partition coefficient (Wildman–Crippen LogP) is 4.59. The summed E-state index contributed by atoms with van der Waals surface area (Å²) in [6.45, 7) is 13.4. The number of benzene rings is 1. The molecule has 1 aliphatic carbocycles. The summed E-state index contributed by atoms with van der Waals surface area (Å²) in [5.74, 6) is -0.864. The van der Waals surface area contributed by atoms with Crippen LogP contribution in [-0.4, -0.2) is 52.1 Å². The molecule has 0 heterocycles. The Labute approximate surface area is 209 Å². The quantitative estimate of drug-likeness (QED) is 0.394. The van der Waals surface area contributed by atoms with Gasteiger partial charge in [-0.25, -0.2) is 4.79 Å². The molecule has 3 amide bonds. The Morgan fingerprint density at radius 1 is 1.20 bits per heavy atom. The number of aryl methyl sites for hydroxylation is 1. The van der Waals surface area contributed by atoms with Crippen molar-refractivity contribution in [2.45, 2.75) is 104 Å². The molecule has 8 nitrogen and oxygen atoms in total. The van der Waals surface area contributed by atoms with Gasteiger partial charge in [0, 0.05) is 18.2 Å². The molecule has 3 N–H and O–H groups in total. The third kappa shape index (κ3) is 7.87. The summed E-state index contributed by atoms with van der Waals surface area (Å²) < 4.78 is 5.42. The monoisotopic (exact) mass is 489 g/mol. The summed E-state index contributed by atoms with van der Waals surface area (Å²) in [6.07, 6.45) is 3.23. The first-order valence-electron chi connectivity index (χ1n) is 12.8. The van der Waals surface area contributed by atoms with Crippen LogP contribution in [0.4, 0.5) is 4.79 Å². The fourth-order valence-corrected chi connectivity index (χ4v) is 3.95. The SMILES string of the molecule is CCCCNC(=O)C(c1cccc(C)c1O)N(C(=O)C(NC(=O)OC(C)(C)C)C(C)CC)C1CC1. The summed E-state index contributed by atoms with van der Waals surface area (Å²) in [5, 5.41) is 16.6. The van der Waals surface area contributed by atoms with E-state index in [9.17, 15) is 19.5 Å². The van der Waals surface area contributed by atoms with Crippen molar-refractivity contribution in [3.8, 4) is 5.75 Å². The van der Waals surface area contributed by atoms with E-state index in [0.29, 0.717) is 24.1 Å². The van der Waals surface area contributed by atoms with Crippen molar-refractivity contribution in [3.05, 3.63) is 29.3 Å². The molecule has 1 fully saturated rings. The van der Waals surface area contributed by atoms with Gasteiger partial charge in [0.1, 0.15) is 23.4 Å². The van der Waals surface area contributed by atoms with Gasteiger partial charge in [-0.1, -0.05) is 51.8 Å². The summed E-state index contributed by atoms with van der Waals surface area (Å²) in [7, 11) is 0. The topological polar surface area (TPSA) is 108 Å². The number of nitrogens with one attached hydrogen (secondary N) is 2. The minimum atomic E-state index is -1.00. The fourth-order valence-electron chi connectivity index (χ4n) is 3.95. The van der Waals surface area contributed by atoms with Crippen LogP contribution in [0, 0.1) is 12.8 Å². The van der Waals surface area contributed by atoms with Gasteiger partial charge in [0.25, 0.3) is 0 Å². The fraction of sp³-hybridized carbons (Fsp3) is 0.667. The molecule has 0 aliphatic heterocycles. The molecule has 0 aromatic heterocycles. The maximum absolute atomic E-state index is 14.1. The molecule has 3 atom stereocenters. The van der Waals surface area contributed by atoms with Crippen LogP contribution in [0.3, 0.4) is 0 Å². The van der Waals surface area contributed by atoms with E-state index in [1.54, 1.807) is 50.8 Å². The maximum atomic E-state index is 14.1. The van der Waals surface area contributed by atoms with Crippen molar-refractivity contribution >= 4 is 17.9 Å². The van der Waals surface area contributed by atoms with Crippen molar-refractivity contribution in [3.63, 3.8) is 0 Å². The number of rotatable bonds is 11. The highest BCUT2D eigenvalue weighted by molar-refractivity contribution is 5.93. The smallest absolute Gasteiger partial charge is 0.408 e. The van der Waals surface area contributed by atoms with Crippen molar-refractivity contribution in [1.82, 2.24) is 15.5 Å². The molecule has 1 aromatic rings. The second kappa shape index (κ2) is 12.3. The molecule has 35 heavy (non-hydrogen) atoms. The lowest BCUT2D eigenvalue weighted by Crippen LogP contribution is -2.55. The van der Waals surface area contributed by atoms with E-state index in [-0.39, 0.29) is 29.5 Å². The number of ether oxygens (including phenoxy) is 1. The van der Waals surface area contributed by atoms with Crippen molar-refractivity contribution in [2.24, 2.45) is 5.92 Å². The zero-order valence-corrected chi connectivity index (χ0v) is 22.3. The predicted molar refractivity (Wildman–Crippen MR) is 136 cm³/mol. The first-order chi connectivity index (χ1) is 16.4. The number of alkyl carbamates (subject to hydrolysis) is 1. The summed E-state index contributed by atoms with van der Waals surface area (Å²) in [4.78, 5) is 41.8. The lowest BCUT2D eigenvalue weighted by Gasteiger charge is -2.36. The van der Waals surface area contributed by atoms with Gasteiger partial charge in [0.15, 0.2) is 0 Å². The van der Waals surface area contributed by atoms with Crippen LogP contribution in [0.15, 0.2) is 18.2 Å². The van der Waals surface area contributed by atoms with Crippen molar-refractivity contribution < 1.29 is 24.2 Å². The van der Waals surface area contributed by atoms with Crippen LogP contribution < -0.4 is 10.6 Å². The van der Waals surface area contributed by atoms with Gasteiger partial charge in [-0.3, -0.25) is 9.59 Å². The van der Waals surface area contributed by atoms with Crippen LogP contribution >= 0.6 is 0 Å². The van der Waals surface area contributed by atoms with Gasteiger partial charge in [-0.05, 0) is 58.4 Å². The minimum Gasteiger partial charge on any atom is -0.507 e. The lowest BCUT2D eigenvalue weighted by molar-refractivity contribution is -0.144. The van der Waals surface area contributed by atoms with Crippen LogP contribution in [0.5, 0.6) is 5.75 Å². The number of hydrogen-bond donors (Lipinski definition) is 3. The average Bonchev–Trinajstić information content (AvgIpc) is 3.61. The second-order valence-electron chi connectivity index (χ2n) is 10.5. The van der Waals surface area contributed by atoms with Gasteiger partial charge < -0.3 is 25.4 Å². The van der Waals surface area contributed by atoms with Gasteiger partial charge in [0.2, 0.25) is 11.8 Å². The number of amides is 3. The molecule has 8 heteroatoms. The lowest BCUT2D eigenvalue weighted by atomic mass is 9.94. The van der Waals surface area contributed by atoms with E-state index in [1.807, 2.05) is 20.8 Å². The third-order valence-electron chi connectivity index (χ3n) is 6.27. The Morgan fingerprint density at radius 3 is 2.40 bits per heavy atom. The van der Waals surface area contributed by atoms with E-state index >= 15 is 0 Å². The first-order valence-corrected chi connectivity index (χ1v) is 12.8. The largest absolute Gasteiger partial charge is 0.507 e. The normalized spacial score (nSPS) is 16.1. The van der Waals surface area contributed by atoms with Crippen LogP contribution in [0.25, 0.3) is 0 Å².